The molecule has 2 heterocycles. The van der Waals surface area contributed by atoms with E-state index in [2.05, 4.69) is 4.90 Å². The summed E-state index contributed by atoms with van der Waals surface area (Å²) in [6.07, 6.45) is -0.785. The van der Waals surface area contributed by atoms with Crippen molar-refractivity contribution < 1.29 is 26.3 Å². The van der Waals surface area contributed by atoms with E-state index in [1.807, 2.05) is 13.8 Å². The molecular formula is C20H29F3N2O3S. The van der Waals surface area contributed by atoms with Crippen LogP contribution in [0.15, 0.2) is 29.2 Å². The standard InChI is InChI=1S/C18H23F3N2O3S.C2H6/c19-18(20,21)15-3-5-16(6-4-15)27(24,25)23-11-12-26-17(23)7-9-22(10-8-17)13-14-1-2-14;1-2/h3-6,14H,1-2,7-13H2;1-2H3. The summed E-state index contributed by atoms with van der Waals surface area (Å²) in [6.45, 7) is 7.14. The molecule has 1 aliphatic carbocycles. The van der Waals surface area contributed by atoms with Crippen molar-refractivity contribution in [1.29, 1.82) is 0 Å². The summed E-state index contributed by atoms with van der Waals surface area (Å²) in [4.78, 5) is 2.23. The minimum absolute atomic E-state index is 0.124. The van der Waals surface area contributed by atoms with Gasteiger partial charge in [-0.1, -0.05) is 13.8 Å². The van der Waals surface area contributed by atoms with E-state index in [0.29, 0.717) is 19.4 Å². The zero-order chi connectivity index (χ0) is 21.3. The maximum absolute atomic E-state index is 13.1. The zero-order valence-electron chi connectivity index (χ0n) is 16.9. The number of piperidine rings is 1. The first-order valence-electron chi connectivity index (χ1n) is 10.3. The normalized spacial score (nSPS) is 23.1. The third-order valence-corrected chi connectivity index (χ3v) is 7.70. The van der Waals surface area contributed by atoms with E-state index in [4.69, 9.17) is 4.74 Å². The molecule has 3 aliphatic rings. The molecule has 1 aromatic rings. The highest BCUT2D eigenvalue weighted by Gasteiger charge is 2.50. The van der Waals surface area contributed by atoms with Crippen LogP contribution in [0.1, 0.15) is 45.1 Å². The van der Waals surface area contributed by atoms with E-state index in [0.717, 1.165) is 49.8 Å². The van der Waals surface area contributed by atoms with Crippen LogP contribution in [0.5, 0.6) is 0 Å². The van der Waals surface area contributed by atoms with Gasteiger partial charge in [-0.25, -0.2) is 8.42 Å². The van der Waals surface area contributed by atoms with E-state index in [1.165, 1.54) is 17.1 Å². The van der Waals surface area contributed by atoms with E-state index >= 15 is 0 Å². The molecule has 0 amide bonds. The lowest BCUT2D eigenvalue weighted by Gasteiger charge is -2.43. The van der Waals surface area contributed by atoms with Crippen molar-refractivity contribution in [3.8, 4) is 0 Å². The highest BCUT2D eigenvalue weighted by Crippen LogP contribution is 2.40. The molecule has 1 spiro atoms. The number of nitrogens with zero attached hydrogens (tertiary/aromatic N) is 2. The fraction of sp³-hybridized carbons (Fsp3) is 0.700. The van der Waals surface area contributed by atoms with Gasteiger partial charge in [0.05, 0.1) is 17.1 Å². The Morgan fingerprint density at radius 3 is 2.17 bits per heavy atom. The summed E-state index contributed by atoms with van der Waals surface area (Å²) in [6, 6.07) is 3.70. The van der Waals surface area contributed by atoms with Gasteiger partial charge in [0.2, 0.25) is 10.0 Å². The van der Waals surface area contributed by atoms with Crippen molar-refractivity contribution in [2.24, 2.45) is 5.92 Å². The monoisotopic (exact) mass is 434 g/mol. The van der Waals surface area contributed by atoms with E-state index in [9.17, 15) is 21.6 Å². The number of hydrogen-bond acceptors (Lipinski definition) is 4. The molecule has 5 nitrogen and oxygen atoms in total. The SMILES string of the molecule is CC.O=S(=O)(c1ccc(C(F)(F)F)cc1)N1CCOC12CCN(CC1CC1)CC2. The molecule has 0 radical (unpaired) electrons. The van der Waals surface area contributed by atoms with E-state index in [-0.39, 0.29) is 11.4 Å². The minimum Gasteiger partial charge on any atom is -0.358 e. The zero-order valence-corrected chi connectivity index (χ0v) is 17.7. The van der Waals surface area contributed by atoms with Gasteiger partial charge in [0, 0.05) is 39.0 Å². The number of rotatable bonds is 4. The van der Waals surface area contributed by atoms with Crippen molar-refractivity contribution in [3.63, 3.8) is 0 Å². The Balaban J connectivity index is 0.00000117. The average Bonchev–Trinajstić information content (AvgIpc) is 3.42. The van der Waals surface area contributed by atoms with E-state index < -0.39 is 27.5 Å². The van der Waals surface area contributed by atoms with Gasteiger partial charge in [-0.2, -0.15) is 17.5 Å². The van der Waals surface area contributed by atoms with Gasteiger partial charge in [-0.15, -0.1) is 0 Å². The van der Waals surface area contributed by atoms with Crippen LogP contribution in [0, 0.1) is 5.92 Å². The molecule has 0 aromatic heterocycles. The van der Waals surface area contributed by atoms with Crippen LogP contribution in [0.4, 0.5) is 13.2 Å². The summed E-state index contributed by atoms with van der Waals surface area (Å²) < 4.78 is 71.7. The highest BCUT2D eigenvalue weighted by molar-refractivity contribution is 7.89. The van der Waals surface area contributed by atoms with Crippen molar-refractivity contribution in [3.05, 3.63) is 29.8 Å². The molecule has 0 bridgehead atoms. The predicted molar refractivity (Wildman–Crippen MR) is 104 cm³/mol. The fourth-order valence-corrected chi connectivity index (χ4v) is 5.74. The number of alkyl halides is 3. The minimum atomic E-state index is -4.49. The van der Waals surface area contributed by atoms with Crippen LogP contribution in [0.2, 0.25) is 0 Å². The number of halogens is 3. The number of sulfonamides is 1. The van der Waals surface area contributed by atoms with Crippen molar-refractivity contribution in [2.45, 2.75) is 56.3 Å². The maximum atomic E-state index is 13.1. The lowest BCUT2D eigenvalue weighted by atomic mass is 10.0. The topological polar surface area (TPSA) is 49.9 Å². The van der Waals surface area contributed by atoms with Crippen molar-refractivity contribution in [1.82, 2.24) is 9.21 Å². The first-order valence-corrected chi connectivity index (χ1v) is 11.7. The Morgan fingerprint density at radius 2 is 1.66 bits per heavy atom. The Bertz CT molecular complexity index is 784. The van der Waals surface area contributed by atoms with E-state index in [1.54, 1.807) is 0 Å². The first kappa shape index (κ1) is 22.5. The second kappa shape index (κ2) is 8.53. The molecule has 2 saturated heterocycles. The van der Waals surface area contributed by atoms with Gasteiger partial charge >= 0.3 is 6.18 Å². The van der Waals surface area contributed by atoms with Gasteiger partial charge in [-0.3, -0.25) is 0 Å². The molecule has 1 aromatic carbocycles. The molecule has 2 aliphatic heterocycles. The molecule has 4 rings (SSSR count). The Hall–Kier alpha value is -1.16. The maximum Gasteiger partial charge on any atom is 0.416 e. The largest absolute Gasteiger partial charge is 0.416 e. The Labute approximate surface area is 170 Å². The van der Waals surface area contributed by atoms with Crippen LogP contribution in [0.25, 0.3) is 0 Å². The third kappa shape index (κ3) is 4.78. The molecule has 164 valence electrons. The molecule has 29 heavy (non-hydrogen) atoms. The number of hydrogen-bond donors (Lipinski definition) is 0. The van der Waals surface area contributed by atoms with Gasteiger partial charge < -0.3 is 9.64 Å². The molecule has 0 atom stereocenters. The van der Waals surface area contributed by atoms with Crippen LogP contribution in [0.3, 0.4) is 0 Å². The van der Waals surface area contributed by atoms with Gasteiger partial charge in [0.15, 0.2) is 0 Å². The Morgan fingerprint density at radius 1 is 1.07 bits per heavy atom. The van der Waals surface area contributed by atoms with Gasteiger partial charge in [0.25, 0.3) is 0 Å². The number of likely N-dealkylation sites (tertiary alicyclic amines) is 1. The average molecular weight is 435 g/mol. The lowest BCUT2D eigenvalue weighted by Crippen LogP contribution is -2.55. The molecule has 1 saturated carbocycles. The molecular weight excluding hydrogens is 405 g/mol. The summed E-state index contributed by atoms with van der Waals surface area (Å²) in [5.74, 6) is 0.774. The van der Waals surface area contributed by atoms with Crippen LogP contribution in [-0.2, 0) is 20.9 Å². The molecule has 3 fully saturated rings. The van der Waals surface area contributed by atoms with Crippen molar-refractivity contribution >= 4 is 10.0 Å². The fourth-order valence-electron chi connectivity index (χ4n) is 4.02. The molecule has 0 unspecified atom stereocenters. The smallest absolute Gasteiger partial charge is 0.358 e. The second-order valence-corrected chi connectivity index (χ2v) is 9.50. The summed E-state index contributed by atoms with van der Waals surface area (Å²) in [7, 11) is -3.91. The molecule has 0 N–H and O–H groups in total. The predicted octanol–water partition coefficient (Wildman–Crippen LogP) is 3.95. The van der Waals surface area contributed by atoms with Gasteiger partial charge in [0.1, 0.15) is 5.72 Å². The Kier molecular flexibility index (Phi) is 6.62. The van der Waals surface area contributed by atoms with Crippen molar-refractivity contribution in [2.75, 3.05) is 32.8 Å². The quantitative estimate of drug-likeness (QED) is 0.720. The third-order valence-electron chi connectivity index (χ3n) is 5.74. The summed E-state index contributed by atoms with van der Waals surface area (Å²) in [5.41, 5.74) is -1.73. The first-order chi connectivity index (χ1) is 13.7. The summed E-state index contributed by atoms with van der Waals surface area (Å²) >= 11 is 0. The van der Waals surface area contributed by atoms with Crippen LogP contribution in [-0.4, -0.2) is 56.1 Å². The van der Waals surface area contributed by atoms with Crippen LogP contribution < -0.4 is 0 Å². The highest BCUT2D eigenvalue weighted by atomic mass is 32.2. The number of benzene rings is 1. The number of ether oxygens (including phenoxy) is 1. The van der Waals surface area contributed by atoms with Gasteiger partial charge in [-0.05, 0) is 43.0 Å². The van der Waals surface area contributed by atoms with Crippen LogP contribution >= 0.6 is 0 Å². The summed E-state index contributed by atoms with van der Waals surface area (Å²) in [5, 5.41) is 0. The lowest BCUT2D eigenvalue weighted by molar-refractivity contribution is -0.137. The molecule has 9 heteroatoms. The second-order valence-electron chi connectivity index (χ2n) is 7.64.